The first-order valence-corrected chi connectivity index (χ1v) is 10.5. The van der Waals surface area contributed by atoms with Crippen LogP contribution < -0.4 is 0 Å². The van der Waals surface area contributed by atoms with Crippen molar-refractivity contribution in [2.75, 3.05) is 25.7 Å². The highest BCUT2D eigenvalue weighted by Crippen LogP contribution is 2.11. The minimum absolute atomic E-state index is 0.0718. The lowest BCUT2D eigenvalue weighted by Gasteiger charge is -2.18. The lowest BCUT2D eigenvalue weighted by molar-refractivity contribution is 0.130. The average molecular weight is 314 g/mol. The number of rotatable bonds is 10. The van der Waals surface area contributed by atoms with E-state index in [1.54, 1.807) is 0 Å². The van der Waals surface area contributed by atoms with Crippen molar-refractivity contribution in [3.63, 3.8) is 0 Å². The largest absolute Gasteiger partial charge is 0.379 e. The van der Waals surface area contributed by atoms with Gasteiger partial charge in [-0.15, -0.1) is 0 Å². The van der Waals surface area contributed by atoms with Gasteiger partial charge in [-0.25, -0.2) is 16.8 Å². The van der Waals surface area contributed by atoms with Crippen LogP contribution in [-0.4, -0.2) is 53.1 Å². The van der Waals surface area contributed by atoms with Crippen molar-refractivity contribution in [3.05, 3.63) is 0 Å². The van der Waals surface area contributed by atoms with Crippen LogP contribution in [0.5, 0.6) is 0 Å². The predicted octanol–water partition coefficient (Wildman–Crippen LogP) is 1.43. The quantitative estimate of drug-likeness (QED) is 0.609. The predicted molar refractivity (Wildman–Crippen MR) is 77.9 cm³/mol. The van der Waals surface area contributed by atoms with E-state index >= 15 is 0 Å². The Morgan fingerprint density at radius 2 is 1.11 bits per heavy atom. The molecule has 0 N–H and O–H groups in total. The lowest BCUT2D eigenvalue weighted by atomic mass is 10.2. The molecule has 2 atom stereocenters. The molecule has 0 saturated heterocycles. The van der Waals surface area contributed by atoms with Crippen LogP contribution in [0.1, 0.15) is 39.5 Å². The third-order valence-corrected chi connectivity index (χ3v) is 6.21. The molecule has 0 aromatic carbocycles. The van der Waals surface area contributed by atoms with E-state index in [-0.39, 0.29) is 13.2 Å². The van der Waals surface area contributed by atoms with Gasteiger partial charge in [0, 0.05) is 12.5 Å². The SMILES string of the molecule is CCCC(COCC(CCC)S(C)(=O)=O)S(C)(=O)=O. The second kappa shape index (κ2) is 8.21. The zero-order valence-electron chi connectivity index (χ0n) is 12.3. The lowest BCUT2D eigenvalue weighted by Crippen LogP contribution is -2.30. The fourth-order valence-corrected chi connectivity index (χ4v) is 3.83. The van der Waals surface area contributed by atoms with Crippen LogP contribution in [0.15, 0.2) is 0 Å². The van der Waals surface area contributed by atoms with E-state index < -0.39 is 30.2 Å². The molecule has 0 radical (unpaired) electrons. The van der Waals surface area contributed by atoms with E-state index in [0.717, 1.165) is 12.8 Å². The van der Waals surface area contributed by atoms with Gasteiger partial charge in [-0.1, -0.05) is 26.7 Å². The molecule has 5 nitrogen and oxygen atoms in total. The Bertz CT molecular complexity index is 397. The summed E-state index contributed by atoms with van der Waals surface area (Å²) in [5.74, 6) is 0. The van der Waals surface area contributed by atoms with E-state index in [1.165, 1.54) is 12.5 Å². The number of sulfone groups is 2. The van der Waals surface area contributed by atoms with Crippen LogP contribution in [0.4, 0.5) is 0 Å². The first-order chi connectivity index (χ1) is 8.62. The summed E-state index contributed by atoms with van der Waals surface area (Å²) >= 11 is 0. The minimum atomic E-state index is -3.15. The standard InChI is InChI=1S/C12H26O5S2/c1-5-7-11(18(3,13)14)9-17-10-12(8-6-2)19(4,15)16/h11-12H,5-10H2,1-4H3. The molecular formula is C12H26O5S2. The fourth-order valence-electron chi connectivity index (χ4n) is 1.82. The molecule has 2 unspecified atom stereocenters. The summed E-state index contributed by atoms with van der Waals surface area (Å²) in [6.45, 7) is 3.97. The van der Waals surface area contributed by atoms with Crippen LogP contribution in [0.25, 0.3) is 0 Å². The van der Waals surface area contributed by atoms with Crippen molar-refractivity contribution in [2.45, 2.75) is 50.0 Å². The van der Waals surface area contributed by atoms with Crippen LogP contribution in [0.3, 0.4) is 0 Å². The van der Waals surface area contributed by atoms with Crippen LogP contribution in [0, 0.1) is 0 Å². The van der Waals surface area contributed by atoms with Crippen LogP contribution >= 0.6 is 0 Å². The highest BCUT2D eigenvalue weighted by Gasteiger charge is 2.23. The molecule has 0 aromatic rings. The smallest absolute Gasteiger partial charge is 0.152 e. The Hall–Kier alpha value is -0.140. The number of ether oxygens (including phenoxy) is 1. The summed E-state index contributed by atoms with van der Waals surface area (Å²) in [6.07, 6.45) is 4.97. The van der Waals surface area contributed by atoms with Gasteiger partial charge in [0.15, 0.2) is 19.7 Å². The molecule has 116 valence electrons. The molecule has 0 aliphatic heterocycles. The maximum Gasteiger partial charge on any atom is 0.152 e. The van der Waals surface area contributed by atoms with Crippen molar-refractivity contribution in [2.24, 2.45) is 0 Å². The van der Waals surface area contributed by atoms with Gasteiger partial charge in [0.25, 0.3) is 0 Å². The molecule has 0 rings (SSSR count). The van der Waals surface area contributed by atoms with Gasteiger partial charge in [0.2, 0.25) is 0 Å². The zero-order chi connectivity index (χ0) is 15.1. The molecule has 0 spiro atoms. The third kappa shape index (κ3) is 7.89. The van der Waals surface area contributed by atoms with E-state index in [2.05, 4.69) is 0 Å². The van der Waals surface area contributed by atoms with E-state index in [0.29, 0.717) is 12.8 Å². The molecule has 19 heavy (non-hydrogen) atoms. The Kier molecular flexibility index (Phi) is 8.15. The fraction of sp³-hybridized carbons (Fsp3) is 1.00. The highest BCUT2D eigenvalue weighted by molar-refractivity contribution is 7.91. The van der Waals surface area contributed by atoms with Gasteiger partial charge >= 0.3 is 0 Å². The van der Waals surface area contributed by atoms with E-state index in [9.17, 15) is 16.8 Å². The molecule has 0 fully saturated rings. The third-order valence-electron chi connectivity index (χ3n) is 3.04. The number of hydrogen-bond acceptors (Lipinski definition) is 5. The van der Waals surface area contributed by atoms with Crippen molar-refractivity contribution < 1.29 is 21.6 Å². The summed E-state index contributed by atoms with van der Waals surface area (Å²) < 4.78 is 51.4. The van der Waals surface area contributed by atoms with Gasteiger partial charge in [-0.05, 0) is 12.8 Å². The minimum Gasteiger partial charge on any atom is -0.379 e. The van der Waals surface area contributed by atoms with E-state index in [4.69, 9.17) is 4.74 Å². The van der Waals surface area contributed by atoms with Gasteiger partial charge in [0.1, 0.15) is 0 Å². The zero-order valence-corrected chi connectivity index (χ0v) is 13.9. The summed E-state index contributed by atoms with van der Waals surface area (Å²) in [4.78, 5) is 0. The number of hydrogen-bond donors (Lipinski definition) is 0. The van der Waals surface area contributed by atoms with E-state index in [1.807, 2.05) is 13.8 Å². The molecular weight excluding hydrogens is 288 g/mol. The average Bonchev–Trinajstić information content (AvgIpc) is 2.23. The molecule has 0 saturated carbocycles. The van der Waals surface area contributed by atoms with Crippen molar-refractivity contribution >= 4 is 19.7 Å². The van der Waals surface area contributed by atoms with Crippen molar-refractivity contribution in [1.29, 1.82) is 0 Å². The summed E-state index contributed by atoms with van der Waals surface area (Å²) in [5.41, 5.74) is 0. The first-order valence-electron chi connectivity index (χ1n) is 6.58. The summed E-state index contributed by atoms with van der Waals surface area (Å²) in [5, 5.41) is -1.08. The highest BCUT2D eigenvalue weighted by atomic mass is 32.2. The summed E-state index contributed by atoms with van der Waals surface area (Å²) in [7, 11) is -6.29. The second-order valence-electron chi connectivity index (χ2n) is 5.02. The summed E-state index contributed by atoms with van der Waals surface area (Å²) in [6, 6.07) is 0. The molecule has 0 bridgehead atoms. The van der Waals surface area contributed by atoms with Crippen molar-refractivity contribution in [1.82, 2.24) is 0 Å². The Labute approximate surface area is 117 Å². The molecule has 0 heterocycles. The van der Waals surface area contributed by atoms with Crippen LogP contribution in [-0.2, 0) is 24.4 Å². The first kappa shape index (κ1) is 18.9. The Balaban J connectivity index is 4.46. The Morgan fingerprint density at radius 1 is 0.789 bits per heavy atom. The van der Waals surface area contributed by atoms with Gasteiger partial charge in [-0.3, -0.25) is 0 Å². The van der Waals surface area contributed by atoms with Crippen molar-refractivity contribution in [3.8, 4) is 0 Å². The van der Waals surface area contributed by atoms with Gasteiger partial charge in [-0.2, -0.15) is 0 Å². The second-order valence-corrected chi connectivity index (χ2v) is 9.67. The maximum atomic E-state index is 11.5. The van der Waals surface area contributed by atoms with Crippen LogP contribution in [0.2, 0.25) is 0 Å². The molecule has 0 amide bonds. The van der Waals surface area contributed by atoms with Gasteiger partial charge in [0.05, 0.1) is 23.7 Å². The van der Waals surface area contributed by atoms with Gasteiger partial charge < -0.3 is 4.74 Å². The normalized spacial score (nSPS) is 16.2. The molecule has 0 aromatic heterocycles. The molecule has 0 aliphatic rings. The Morgan fingerprint density at radius 3 is 1.32 bits per heavy atom. The monoisotopic (exact) mass is 314 g/mol. The molecule has 7 heteroatoms. The molecule has 0 aliphatic carbocycles. The topological polar surface area (TPSA) is 77.5 Å². The maximum absolute atomic E-state index is 11.5.